The molecule has 0 amide bonds. The summed E-state index contributed by atoms with van der Waals surface area (Å²) >= 11 is 0. The Morgan fingerprint density at radius 1 is 1.60 bits per heavy atom. The van der Waals surface area contributed by atoms with Crippen LogP contribution in [0.1, 0.15) is 0 Å². The standard InChI is InChI=1S/C2H6NO2/c3-1-2(4)5/h2-5H,1H2. The van der Waals surface area contributed by atoms with Gasteiger partial charge in [0, 0.05) is 0 Å². The molecule has 0 spiro atoms. The minimum absolute atomic E-state index is 0.333. The third kappa shape index (κ3) is 3.88. The average Bonchev–Trinajstić information content (AvgIpc) is 1.38. The molecule has 0 saturated carbocycles. The van der Waals surface area contributed by atoms with Crippen LogP contribution in [0.5, 0.6) is 0 Å². The van der Waals surface area contributed by atoms with Gasteiger partial charge in [0.1, 0.15) is 0 Å². The van der Waals surface area contributed by atoms with Crippen LogP contribution in [0.25, 0.3) is 0 Å². The van der Waals surface area contributed by atoms with Crippen LogP contribution in [0.4, 0.5) is 0 Å². The highest BCUT2D eigenvalue weighted by molar-refractivity contribution is 4.27. The molecule has 3 nitrogen and oxygen atoms in total. The van der Waals surface area contributed by atoms with Crippen LogP contribution in [-0.4, -0.2) is 23.0 Å². The second kappa shape index (κ2) is 2.14. The Kier molecular flexibility index (Phi) is 2.09. The second-order valence-electron chi connectivity index (χ2n) is 0.685. The molecular weight excluding hydrogens is 70.0 g/mol. The van der Waals surface area contributed by atoms with Gasteiger partial charge in [-0.25, -0.2) is 0 Å². The molecule has 0 heterocycles. The van der Waals surface area contributed by atoms with E-state index in [1.807, 2.05) is 0 Å². The number of nitrogens with one attached hydrogen (secondary N) is 1. The van der Waals surface area contributed by atoms with Gasteiger partial charge in [0.25, 0.3) is 0 Å². The smallest absolute Gasteiger partial charge is 0.165 e. The highest BCUT2D eigenvalue weighted by Crippen LogP contribution is 1.61. The van der Waals surface area contributed by atoms with E-state index in [1.165, 1.54) is 0 Å². The van der Waals surface area contributed by atoms with E-state index in [9.17, 15) is 0 Å². The largest absolute Gasteiger partial charge is 0.367 e. The SMILES string of the molecule is [NH]CC(O)O. The molecule has 0 unspecified atom stereocenters. The highest BCUT2D eigenvalue weighted by atomic mass is 16.5. The molecule has 0 rings (SSSR count). The van der Waals surface area contributed by atoms with E-state index in [4.69, 9.17) is 15.9 Å². The first-order valence-electron chi connectivity index (χ1n) is 1.28. The lowest BCUT2D eigenvalue weighted by atomic mass is 10.7. The first kappa shape index (κ1) is 4.88. The maximum absolute atomic E-state index is 7.73. The van der Waals surface area contributed by atoms with Gasteiger partial charge in [0.05, 0.1) is 6.54 Å². The topological polar surface area (TPSA) is 64.3 Å². The number of hydrogen-bond acceptors (Lipinski definition) is 2. The summed E-state index contributed by atoms with van der Waals surface area (Å²) < 4.78 is 0. The molecule has 0 aliphatic rings. The molecule has 3 N–H and O–H groups in total. The molecule has 0 aromatic rings. The third-order valence-electron chi connectivity index (χ3n) is 0.183. The third-order valence-corrected chi connectivity index (χ3v) is 0.183. The van der Waals surface area contributed by atoms with Crippen molar-refractivity contribution in [1.82, 2.24) is 5.73 Å². The molecule has 0 saturated heterocycles. The molecule has 0 aliphatic carbocycles. The minimum Gasteiger partial charge on any atom is -0.367 e. The van der Waals surface area contributed by atoms with Crippen molar-refractivity contribution >= 4 is 0 Å². The van der Waals surface area contributed by atoms with E-state index in [1.54, 1.807) is 0 Å². The number of rotatable bonds is 1. The Bertz CT molecular complexity index is 21.6. The molecule has 3 heteroatoms. The number of aliphatic hydroxyl groups is 2. The van der Waals surface area contributed by atoms with Crippen LogP contribution in [0, 0.1) is 0 Å². The minimum atomic E-state index is -1.45. The van der Waals surface area contributed by atoms with Crippen LogP contribution >= 0.6 is 0 Å². The van der Waals surface area contributed by atoms with Gasteiger partial charge in [0.15, 0.2) is 6.29 Å². The Hall–Kier alpha value is -0.120. The van der Waals surface area contributed by atoms with Crippen molar-refractivity contribution in [1.29, 1.82) is 0 Å². The van der Waals surface area contributed by atoms with E-state index >= 15 is 0 Å². The van der Waals surface area contributed by atoms with E-state index in [0.29, 0.717) is 0 Å². The average molecular weight is 76.1 g/mol. The van der Waals surface area contributed by atoms with E-state index < -0.39 is 6.29 Å². The van der Waals surface area contributed by atoms with E-state index in [2.05, 4.69) is 0 Å². The molecule has 0 aromatic carbocycles. The number of hydrogen-bond donors (Lipinski definition) is 2. The molecule has 0 aromatic heterocycles. The summed E-state index contributed by atoms with van der Waals surface area (Å²) in [6.07, 6.45) is -1.45. The van der Waals surface area contributed by atoms with E-state index in [0.717, 1.165) is 0 Å². The number of aliphatic hydroxyl groups excluding tert-OH is 1. The summed E-state index contributed by atoms with van der Waals surface area (Å²) in [4.78, 5) is 0. The van der Waals surface area contributed by atoms with Gasteiger partial charge in [-0.15, -0.1) is 0 Å². The molecule has 0 aliphatic heterocycles. The predicted molar refractivity (Wildman–Crippen MR) is 16.2 cm³/mol. The fraction of sp³-hybridized carbons (Fsp3) is 1.00. The fourth-order valence-electron chi connectivity index (χ4n) is 0. The Balaban J connectivity index is 2.54. The lowest BCUT2D eigenvalue weighted by Gasteiger charge is -1.89. The summed E-state index contributed by atoms with van der Waals surface area (Å²) in [6, 6.07) is 0. The zero-order valence-corrected chi connectivity index (χ0v) is 2.68. The lowest BCUT2D eigenvalue weighted by molar-refractivity contribution is -0.0321. The summed E-state index contributed by atoms with van der Waals surface area (Å²) in [6.45, 7) is -0.333. The first-order valence-corrected chi connectivity index (χ1v) is 1.28. The highest BCUT2D eigenvalue weighted by Gasteiger charge is 1.84. The van der Waals surface area contributed by atoms with Gasteiger partial charge in [-0.05, 0) is 0 Å². The van der Waals surface area contributed by atoms with Crippen LogP contribution < -0.4 is 5.73 Å². The summed E-state index contributed by atoms with van der Waals surface area (Å²) in [5.74, 6) is 0. The molecule has 0 fully saturated rings. The molecule has 0 atom stereocenters. The van der Waals surface area contributed by atoms with Crippen molar-refractivity contribution in [2.75, 3.05) is 6.54 Å². The monoisotopic (exact) mass is 76.0 g/mol. The Labute approximate surface area is 30.0 Å². The van der Waals surface area contributed by atoms with Gasteiger partial charge in [-0.2, -0.15) is 0 Å². The molecule has 31 valence electrons. The van der Waals surface area contributed by atoms with Gasteiger partial charge in [-0.1, -0.05) is 0 Å². The fourth-order valence-corrected chi connectivity index (χ4v) is 0. The maximum atomic E-state index is 7.73. The van der Waals surface area contributed by atoms with Crippen molar-refractivity contribution in [3.8, 4) is 0 Å². The molecular formula is C2H6NO2. The molecule has 0 bridgehead atoms. The van der Waals surface area contributed by atoms with Gasteiger partial charge >= 0.3 is 0 Å². The summed E-state index contributed by atoms with van der Waals surface area (Å²) in [5.41, 5.74) is 6.16. The first-order chi connectivity index (χ1) is 2.27. The van der Waals surface area contributed by atoms with Crippen LogP contribution in [0.15, 0.2) is 0 Å². The van der Waals surface area contributed by atoms with Crippen molar-refractivity contribution in [3.05, 3.63) is 0 Å². The van der Waals surface area contributed by atoms with Gasteiger partial charge in [-0.3, -0.25) is 5.73 Å². The normalized spacial score (nSPS) is 9.60. The van der Waals surface area contributed by atoms with Crippen molar-refractivity contribution in [2.24, 2.45) is 0 Å². The quantitative estimate of drug-likeness (QED) is 0.376. The zero-order valence-electron chi connectivity index (χ0n) is 2.68. The second-order valence-corrected chi connectivity index (χ2v) is 0.685. The summed E-state index contributed by atoms with van der Waals surface area (Å²) in [5, 5.41) is 15.5. The summed E-state index contributed by atoms with van der Waals surface area (Å²) in [7, 11) is 0. The Morgan fingerprint density at radius 3 is 1.80 bits per heavy atom. The molecule has 1 radical (unpaired) electrons. The predicted octanol–water partition coefficient (Wildman–Crippen LogP) is -1.42. The van der Waals surface area contributed by atoms with E-state index in [-0.39, 0.29) is 6.54 Å². The maximum Gasteiger partial charge on any atom is 0.165 e. The van der Waals surface area contributed by atoms with Crippen LogP contribution in [0.2, 0.25) is 0 Å². The van der Waals surface area contributed by atoms with Crippen LogP contribution in [0.3, 0.4) is 0 Å². The lowest BCUT2D eigenvalue weighted by Crippen LogP contribution is -2.10. The van der Waals surface area contributed by atoms with Crippen molar-refractivity contribution in [2.45, 2.75) is 6.29 Å². The van der Waals surface area contributed by atoms with Crippen molar-refractivity contribution in [3.63, 3.8) is 0 Å². The van der Waals surface area contributed by atoms with Gasteiger partial charge in [0.2, 0.25) is 0 Å². The van der Waals surface area contributed by atoms with Gasteiger partial charge < -0.3 is 10.2 Å². The Morgan fingerprint density at radius 2 is 1.80 bits per heavy atom. The zero-order chi connectivity index (χ0) is 4.28. The van der Waals surface area contributed by atoms with Crippen molar-refractivity contribution < 1.29 is 10.2 Å². The van der Waals surface area contributed by atoms with Crippen LogP contribution in [-0.2, 0) is 0 Å². The molecule has 5 heavy (non-hydrogen) atoms.